The zero-order valence-electron chi connectivity index (χ0n) is 20.4. The Balaban J connectivity index is 1.61. The molecule has 10 heteroatoms. The van der Waals surface area contributed by atoms with Crippen LogP contribution in [0.5, 0.6) is 5.75 Å². The molecule has 1 saturated heterocycles. The summed E-state index contributed by atoms with van der Waals surface area (Å²) in [7, 11) is 3.34. The van der Waals surface area contributed by atoms with Gasteiger partial charge in [0.1, 0.15) is 18.2 Å². The van der Waals surface area contributed by atoms with Gasteiger partial charge in [-0.15, -0.1) is 11.3 Å². The average Bonchev–Trinajstić information content (AvgIpc) is 3.20. The molecule has 1 aliphatic rings. The van der Waals surface area contributed by atoms with E-state index in [1.807, 2.05) is 11.9 Å². The van der Waals surface area contributed by atoms with Gasteiger partial charge in [0.2, 0.25) is 0 Å². The first-order chi connectivity index (χ1) is 17.7. The Labute approximate surface area is 216 Å². The zero-order valence-corrected chi connectivity index (χ0v) is 21.2. The highest BCUT2D eigenvalue weighted by atomic mass is 32.1. The van der Waals surface area contributed by atoms with Crippen LogP contribution in [0.4, 0.5) is 28.9 Å². The molecule has 0 aliphatic carbocycles. The molecule has 0 saturated carbocycles. The van der Waals surface area contributed by atoms with Crippen LogP contribution in [0.1, 0.15) is 27.2 Å². The molecule has 2 N–H and O–H groups in total. The van der Waals surface area contributed by atoms with Gasteiger partial charge in [-0.05, 0) is 48.7 Å². The number of piperidine rings is 1. The summed E-state index contributed by atoms with van der Waals surface area (Å²) in [6, 6.07) is 9.59. The van der Waals surface area contributed by atoms with Crippen molar-refractivity contribution < 1.29 is 27.1 Å². The fraction of sp³-hybridized carbons (Fsp3) is 0.370. The molecule has 0 amide bonds. The highest BCUT2D eigenvalue weighted by Crippen LogP contribution is 2.39. The molecule has 2 atom stereocenters. The number of methoxy groups -OCH3 is 1. The number of carbonyl (C=O) groups is 1. The fourth-order valence-corrected chi connectivity index (χ4v) is 5.54. The molecule has 0 bridgehead atoms. The van der Waals surface area contributed by atoms with Crippen LogP contribution in [0.15, 0.2) is 36.4 Å². The van der Waals surface area contributed by atoms with Crippen LogP contribution in [0.2, 0.25) is 0 Å². The number of halogens is 4. The van der Waals surface area contributed by atoms with Crippen LogP contribution < -0.4 is 15.4 Å². The van der Waals surface area contributed by atoms with Crippen LogP contribution in [0.3, 0.4) is 0 Å². The number of anilines is 2. The number of nitrogens with one attached hydrogen (secondary N) is 2. The Hall–Kier alpha value is -3.29. The Kier molecular flexibility index (Phi) is 8.25. The fourth-order valence-electron chi connectivity index (χ4n) is 4.37. The summed E-state index contributed by atoms with van der Waals surface area (Å²) < 4.78 is 61.0. The normalized spacial score (nSPS) is 18.2. The second kappa shape index (κ2) is 11.4. The van der Waals surface area contributed by atoms with Crippen molar-refractivity contribution in [3.8, 4) is 17.6 Å². The van der Waals surface area contributed by atoms with Gasteiger partial charge in [0, 0.05) is 18.7 Å². The zero-order chi connectivity index (χ0) is 26.6. The van der Waals surface area contributed by atoms with Gasteiger partial charge in [0.05, 0.1) is 47.1 Å². The largest absolute Gasteiger partial charge is 0.495 e. The number of hydrogen-bond donors (Lipinski definition) is 2. The average molecular weight is 534 g/mol. The number of likely N-dealkylation sites (tertiary alicyclic amines) is 1. The summed E-state index contributed by atoms with van der Waals surface area (Å²) >= 11 is 1.18. The van der Waals surface area contributed by atoms with Crippen molar-refractivity contribution in [2.45, 2.75) is 31.2 Å². The lowest BCUT2D eigenvalue weighted by Gasteiger charge is -2.33. The number of rotatable bonds is 7. The summed E-state index contributed by atoms with van der Waals surface area (Å²) in [6.45, 7) is 1.20. The minimum absolute atomic E-state index is 0.122. The van der Waals surface area contributed by atoms with Crippen LogP contribution in [0, 0.1) is 11.8 Å². The van der Waals surface area contributed by atoms with Crippen molar-refractivity contribution in [3.63, 3.8) is 0 Å². The monoisotopic (exact) mass is 533 g/mol. The number of nitrogens with zero attached hydrogens (tertiary/aromatic N) is 1. The maximum atomic E-state index is 14.6. The number of aldehydes is 1. The molecule has 3 aromatic rings. The highest BCUT2D eigenvalue weighted by Gasteiger charge is 2.32. The smallest absolute Gasteiger partial charge is 0.393 e. The Morgan fingerprint density at radius 3 is 2.76 bits per heavy atom. The van der Waals surface area contributed by atoms with Gasteiger partial charge >= 0.3 is 6.18 Å². The standard InChI is InChI=1S/C27H27F4N3O2S/c1-34-12-10-21(20(28)15-34)33-23-6-3-5-18-19(14-27(29,30)31)25(37-26(18)23)7-4-11-32-22-9-8-17(16-35)13-24(22)36-2/h3,5-6,8-9,13,16,20-21,32-33H,10-12,14-15H2,1-2H3/t20-,21+/m1/s1. The predicted molar refractivity (Wildman–Crippen MR) is 140 cm³/mol. The topological polar surface area (TPSA) is 53.6 Å². The summed E-state index contributed by atoms with van der Waals surface area (Å²) in [5.41, 5.74) is 1.81. The van der Waals surface area contributed by atoms with Crippen LogP contribution in [-0.4, -0.2) is 63.4 Å². The van der Waals surface area contributed by atoms with E-state index in [0.29, 0.717) is 56.9 Å². The maximum Gasteiger partial charge on any atom is 0.393 e. The molecule has 1 fully saturated rings. The van der Waals surface area contributed by atoms with Crippen molar-refractivity contribution in [2.24, 2.45) is 0 Å². The van der Waals surface area contributed by atoms with Gasteiger partial charge in [0.25, 0.3) is 0 Å². The lowest BCUT2D eigenvalue weighted by Crippen LogP contribution is -2.46. The highest BCUT2D eigenvalue weighted by molar-refractivity contribution is 7.20. The van der Waals surface area contributed by atoms with Crippen molar-refractivity contribution in [1.82, 2.24) is 4.90 Å². The van der Waals surface area contributed by atoms with Crippen molar-refractivity contribution in [2.75, 3.05) is 44.4 Å². The molecular formula is C27H27F4N3O2S. The Bertz CT molecular complexity index is 1330. The van der Waals surface area contributed by atoms with E-state index in [2.05, 4.69) is 22.5 Å². The summed E-state index contributed by atoms with van der Waals surface area (Å²) in [5.74, 6) is 6.26. The van der Waals surface area contributed by atoms with Crippen LogP contribution in [0.25, 0.3) is 10.1 Å². The number of ether oxygens (including phenoxy) is 1. The molecule has 196 valence electrons. The van der Waals surface area contributed by atoms with E-state index in [0.717, 1.165) is 6.54 Å². The summed E-state index contributed by atoms with van der Waals surface area (Å²) in [4.78, 5) is 13.2. The molecular weight excluding hydrogens is 506 g/mol. The molecule has 0 spiro atoms. The third kappa shape index (κ3) is 6.53. The lowest BCUT2D eigenvalue weighted by molar-refractivity contribution is -0.126. The van der Waals surface area contributed by atoms with Gasteiger partial charge in [-0.3, -0.25) is 4.79 Å². The molecule has 2 heterocycles. The minimum Gasteiger partial charge on any atom is -0.495 e. The quantitative estimate of drug-likeness (QED) is 0.230. The second-order valence-corrected chi connectivity index (χ2v) is 9.96. The lowest BCUT2D eigenvalue weighted by atomic mass is 10.0. The molecule has 4 rings (SSSR count). The SMILES string of the molecule is COc1cc(C=O)ccc1NCC#Cc1sc2c(N[C@H]3CCN(C)C[C@H]3F)cccc2c1CC(F)(F)F. The van der Waals surface area contributed by atoms with E-state index in [4.69, 9.17) is 4.74 Å². The number of thiophene rings is 1. The van der Waals surface area contributed by atoms with Crippen LogP contribution in [-0.2, 0) is 6.42 Å². The van der Waals surface area contributed by atoms with Crippen molar-refractivity contribution in [1.29, 1.82) is 0 Å². The first-order valence-electron chi connectivity index (χ1n) is 11.7. The van der Waals surface area contributed by atoms with Crippen LogP contribution >= 0.6 is 11.3 Å². The van der Waals surface area contributed by atoms with Gasteiger partial charge in [0.15, 0.2) is 0 Å². The predicted octanol–water partition coefficient (Wildman–Crippen LogP) is 5.74. The molecule has 1 aromatic heterocycles. The van der Waals surface area contributed by atoms with Gasteiger partial charge in [-0.25, -0.2) is 4.39 Å². The number of benzene rings is 2. The van der Waals surface area contributed by atoms with Gasteiger partial charge < -0.3 is 20.3 Å². The molecule has 0 unspecified atom stereocenters. The molecule has 0 radical (unpaired) electrons. The van der Waals surface area contributed by atoms with E-state index in [1.54, 1.807) is 36.4 Å². The first-order valence-corrected chi connectivity index (χ1v) is 12.6. The molecule has 1 aliphatic heterocycles. The number of hydrogen-bond acceptors (Lipinski definition) is 6. The molecule has 37 heavy (non-hydrogen) atoms. The van der Waals surface area contributed by atoms with E-state index >= 15 is 0 Å². The summed E-state index contributed by atoms with van der Waals surface area (Å²) in [5, 5.41) is 6.78. The van der Waals surface area contributed by atoms with Crippen molar-refractivity contribution in [3.05, 3.63) is 52.4 Å². The Morgan fingerprint density at radius 2 is 2.05 bits per heavy atom. The maximum absolute atomic E-state index is 14.6. The number of fused-ring (bicyclic) bond motifs is 1. The first kappa shape index (κ1) is 26.8. The van der Waals surface area contributed by atoms with E-state index in [1.165, 1.54) is 18.4 Å². The number of carbonyl (C=O) groups excluding carboxylic acids is 1. The van der Waals surface area contributed by atoms with Gasteiger partial charge in [-0.2, -0.15) is 13.2 Å². The third-order valence-corrected chi connectivity index (χ3v) is 7.41. The third-order valence-electron chi connectivity index (χ3n) is 6.21. The molecule has 5 nitrogen and oxygen atoms in total. The van der Waals surface area contributed by atoms with E-state index in [-0.39, 0.29) is 12.1 Å². The summed E-state index contributed by atoms with van der Waals surface area (Å²) in [6.07, 6.45) is -5.28. The second-order valence-electron chi connectivity index (χ2n) is 8.93. The van der Waals surface area contributed by atoms with Crippen molar-refractivity contribution >= 4 is 39.1 Å². The Morgan fingerprint density at radius 1 is 1.24 bits per heavy atom. The molecule has 2 aromatic carbocycles. The minimum atomic E-state index is -4.40. The van der Waals surface area contributed by atoms with E-state index < -0.39 is 24.8 Å². The number of alkyl halides is 4. The van der Waals surface area contributed by atoms with Gasteiger partial charge in [-0.1, -0.05) is 24.0 Å². The van der Waals surface area contributed by atoms with E-state index in [9.17, 15) is 22.4 Å².